The summed E-state index contributed by atoms with van der Waals surface area (Å²) in [6.07, 6.45) is -0.193. The van der Waals surface area contributed by atoms with E-state index in [9.17, 15) is 38.4 Å². The van der Waals surface area contributed by atoms with Crippen molar-refractivity contribution in [3.05, 3.63) is 35.9 Å². The first-order valence-electron chi connectivity index (χ1n) is 14.1. The molecule has 0 heterocycles. The molecule has 14 nitrogen and oxygen atoms in total. The Morgan fingerprint density at radius 1 is 0.837 bits per heavy atom. The highest BCUT2D eigenvalue weighted by molar-refractivity contribution is 7.73. The lowest BCUT2D eigenvalue weighted by Crippen LogP contribution is -2.34. The van der Waals surface area contributed by atoms with Gasteiger partial charge in [-0.1, -0.05) is 58.0 Å². The Hall–Kier alpha value is -2.31. The molecule has 1 amide bonds. The molecular formula is C27H45NO13P2. The van der Waals surface area contributed by atoms with Gasteiger partial charge in [0.2, 0.25) is 13.6 Å². The van der Waals surface area contributed by atoms with E-state index >= 15 is 0 Å². The van der Waals surface area contributed by atoms with Crippen LogP contribution in [0, 0.1) is 11.8 Å². The molecule has 1 aromatic carbocycles. The van der Waals surface area contributed by atoms with Gasteiger partial charge in [-0.2, -0.15) is 0 Å². The average molecular weight is 654 g/mol. The highest BCUT2D eigenvalue weighted by Crippen LogP contribution is 2.74. The molecule has 0 aromatic heterocycles. The van der Waals surface area contributed by atoms with Gasteiger partial charge < -0.3 is 34.0 Å². The van der Waals surface area contributed by atoms with Gasteiger partial charge in [-0.15, -0.1) is 0 Å². The number of hydrogen-bond acceptors (Lipinski definition) is 11. The molecule has 0 saturated carbocycles. The van der Waals surface area contributed by atoms with Crippen LogP contribution in [-0.2, 0) is 48.6 Å². The van der Waals surface area contributed by atoms with Crippen LogP contribution < -0.4 is 0 Å². The van der Waals surface area contributed by atoms with E-state index in [1.165, 1.54) is 7.05 Å². The number of amides is 1. The summed E-state index contributed by atoms with van der Waals surface area (Å²) in [4.78, 5) is 58.2. The minimum Gasteiger partial charge on any atom is -0.445 e. The van der Waals surface area contributed by atoms with E-state index in [0.29, 0.717) is 25.7 Å². The van der Waals surface area contributed by atoms with Gasteiger partial charge in [0.05, 0.1) is 11.8 Å². The van der Waals surface area contributed by atoms with Crippen molar-refractivity contribution in [2.24, 2.45) is 11.8 Å². The molecule has 0 spiro atoms. The number of benzene rings is 1. The zero-order valence-corrected chi connectivity index (χ0v) is 27.2. The van der Waals surface area contributed by atoms with Crippen LogP contribution in [-0.4, -0.2) is 70.1 Å². The number of rotatable bonds is 20. The molecule has 246 valence electrons. The molecular weight excluding hydrogens is 608 g/mol. The van der Waals surface area contributed by atoms with E-state index in [-0.39, 0.29) is 19.6 Å². The first kappa shape index (κ1) is 38.7. The van der Waals surface area contributed by atoms with Crippen molar-refractivity contribution in [3.63, 3.8) is 0 Å². The Morgan fingerprint density at radius 2 is 1.30 bits per heavy atom. The van der Waals surface area contributed by atoms with E-state index in [0.717, 1.165) is 10.5 Å². The molecule has 0 aliphatic carbocycles. The maximum Gasteiger partial charge on any atom is 0.409 e. The van der Waals surface area contributed by atoms with Crippen molar-refractivity contribution < 1.29 is 61.7 Å². The minimum atomic E-state index is -5.71. The lowest BCUT2D eigenvalue weighted by molar-refractivity contribution is -0.158. The van der Waals surface area contributed by atoms with Crippen molar-refractivity contribution in [2.45, 2.75) is 77.9 Å². The van der Waals surface area contributed by atoms with Crippen LogP contribution in [0.25, 0.3) is 0 Å². The number of nitrogens with zero attached hydrogens (tertiary/aromatic N) is 1. The second-order valence-corrected chi connectivity index (χ2v) is 14.3. The Bertz CT molecular complexity index is 1070. The van der Waals surface area contributed by atoms with Gasteiger partial charge in [-0.3, -0.25) is 27.8 Å². The molecule has 1 atom stereocenters. The summed E-state index contributed by atoms with van der Waals surface area (Å²) in [6, 6.07) is 8.87. The normalized spacial score (nSPS) is 13.4. The van der Waals surface area contributed by atoms with Crippen LogP contribution in [0.3, 0.4) is 0 Å². The fraction of sp³-hybridized carbons (Fsp3) is 0.667. The number of carbonyl (C=O) groups is 3. The van der Waals surface area contributed by atoms with Crippen molar-refractivity contribution in [1.82, 2.24) is 4.90 Å². The number of aliphatic hydroxyl groups is 1. The first-order chi connectivity index (χ1) is 20.2. The van der Waals surface area contributed by atoms with E-state index < -0.39 is 70.1 Å². The van der Waals surface area contributed by atoms with E-state index in [1.807, 2.05) is 0 Å². The molecule has 1 aromatic rings. The smallest absolute Gasteiger partial charge is 0.409 e. The number of hydrogen-bond donors (Lipinski definition) is 3. The van der Waals surface area contributed by atoms with Crippen LogP contribution in [0.15, 0.2) is 30.3 Å². The number of ether oxygens (including phenoxy) is 3. The minimum absolute atomic E-state index is 0.0153. The fourth-order valence-corrected chi connectivity index (χ4v) is 7.32. The third-order valence-electron chi connectivity index (χ3n) is 6.91. The fourth-order valence-electron chi connectivity index (χ4n) is 3.95. The zero-order valence-electron chi connectivity index (χ0n) is 25.4. The molecule has 1 rings (SSSR count). The first-order valence-corrected chi connectivity index (χ1v) is 17.3. The van der Waals surface area contributed by atoms with Crippen LogP contribution in [0.5, 0.6) is 0 Å². The highest BCUT2D eigenvalue weighted by Gasteiger charge is 2.62. The van der Waals surface area contributed by atoms with Gasteiger partial charge in [-0.05, 0) is 37.7 Å². The molecule has 0 saturated heterocycles. The van der Waals surface area contributed by atoms with Crippen LogP contribution >= 0.6 is 15.2 Å². The quantitative estimate of drug-likeness (QED) is 0.0740. The van der Waals surface area contributed by atoms with Crippen molar-refractivity contribution >= 4 is 33.2 Å². The molecule has 16 heteroatoms. The summed E-state index contributed by atoms with van der Waals surface area (Å²) in [5, 5.41) is 7.76. The van der Waals surface area contributed by atoms with Gasteiger partial charge in [0.25, 0.3) is 5.08 Å². The van der Waals surface area contributed by atoms with Gasteiger partial charge in [-0.25, -0.2) is 4.79 Å². The summed E-state index contributed by atoms with van der Waals surface area (Å²) in [6.45, 7) is 4.67. The summed E-state index contributed by atoms with van der Waals surface area (Å²) in [5.74, 6) is -2.45. The van der Waals surface area contributed by atoms with Gasteiger partial charge in [0, 0.05) is 20.0 Å². The van der Waals surface area contributed by atoms with E-state index in [1.54, 1.807) is 58.0 Å². The molecule has 0 aliphatic heterocycles. The van der Waals surface area contributed by atoms with Crippen molar-refractivity contribution in [1.29, 1.82) is 0 Å². The third-order valence-corrected chi connectivity index (χ3v) is 11.6. The monoisotopic (exact) mass is 653 g/mol. The maximum atomic E-state index is 13.9. The molecule has 0 fully saturated rings. The Morgan fingerprint density at radius 3 is 1.72 bits per heavy atom. The van der Waals surface area contributed by atoms with Crippen LogP contribution in [0.1, 0.15) is 71.8 Å². The molecule has 0 radical (unpaired) electrons. The predicted octanol–water partition coefficient (Wildman–Crippen LogP) is 4.96. The second kappa shape index (κ2) is 18.5. The number of carbonyl (C=O) groups excluding carboxylic acids is 3. The maximum absolute atomic E-state index is 13.9. The lowest BCUT2D eigenvalue weighted by atomic mass is 10.0. The molecule has 3 N–H and O–H groups in total. The third kappa shape index (κ3) is 11.6. The average Bonchev–Trinajstić information content (AvgIpc) is 2.96. The Kier molecular flexibility index (Phi) is 16.6. The Labute approximate surface area is 252 Å². The van der Waals surface area contributed by atoms with Gasteiger partial charge in [0.1, 0.15) is 6.61 Å². The van der Waals surface area contributed by atoms with Crippen LogP contribution in [0.2, 0.25) is 0 Å². The van der Waals surface area contributed by atoms with E-state index in [2.05, 4.69) is 0 Å². The summed E-state index contributed by atoms with van der Waals surface area (Å²) in [5.41, 5.74) is 0.741. The largest absolute Gasteiger partial charge is 0.445 e. The van der Waals surface area contributed by atoms with Crippen molar-refractivity contribution in [3.8, 4) is 0 Å². The standard InChI is InChI=1S/C27H45NO13P2/c1-6-22(7-2)24(29)38-19-40-43(36,41-20-39-25(30)23(8-3)9-4)27(32,42(33,34)35)16-13-17-28(5)26(31)37-18-21-14-11-10-12-15-21/h10-12,14-15,22-23,32H,6-9,13,16-20H2,1-5H3,(H2,33,34,35). The SMILES string of the molecule is CCC(CC)C(=O)OCOP(=O)(OCOC(=O)C(CC)CC)C(O)(CCCN(C)C(=O)OCc1ccccc1)P(=O)(O)O. The van der Waals surface area contributed by atoms with Gasteiger partial charge in [0.15, 0.2) is 0 Å². The molecule has 1 unspecified atom stereocenters. The summed E-state index contributed by atoms with van der Waals surface area (Å²) >= 11 is 0. The van der Waals surface area contributed by atoms with Gasteiger partial charge >= 0.3 is 33.2 Å². The summed E-state index contributed by atoms with van der Waals surface area (Å²) in [7, 11) is -9.64. The summed E-state index contributed by atoms with van der Waals surface area (Å²) < 4.78 is 51.7. The highest BCUT2D eigenvalue weighted by atomic mass is 31.2. The van der Waals surface area contributed by atoms with E-state index in [4.69, 9.17) is 23.3 Å². The lowest BCUT2D eigenvalue weighted by Gasteiger charge is -2.34. The number of esters is 2. The predicted molar refractivity (Wildman–Crippen MR) is 155 cm³/mol. The molecule has 0 aliphatic rings. The molecule has 0 bridgehead atoms. The molecule has 43 heavy (non-hydrogen) atoms. The zero-order chi connectivity index (χ0) is 32.7. The van der Waals surface area contributed by atoms with Crippen molar-refractivity contribution in [2.75, 3.05) is 27.2 Å². The van der Waals surface area contributed by atoms with Crippen LogP contribution in [0.4, 0.5) is 4.79 Å². The topological polar surface area (TPSA) is 195 Å². The second-order valence-electron chi connectivity index (χ2n) is 9.83. The Balaban J connectivity index is 3.06.